The zero-order valence-electron chi connectivity index (χ0n) is 14.2. The van der Waals surface area contributed by atoms with Gasteiger partial charge in [-0.05, 0) is 51.1 Å². The Kier molecular flexibility index (Phi) is 8.60. The molecule has 4 nitrogen and oxygen atoms in total. The molecule has 2 N–H and O–H groups in total. The van der Waals surface area contributed by atoms with Gasteiger partial charge < -0.3 is 10.5 Å². The Morgan fingerprint density at radius 2 is 1.77 bits per heavy atom. The molecule has 0 bridgehead atoms. The van der Waals surface area contributed by atoms with E-state index in [1.54, 1.807) is 12.1 Å². The number of nitrogens with two attached hydrogens (primary N) is 1. The quantitative estimate of drug-likeness (QED) is 0.499. The van der Waals surface area contributed by atoms with E-state index in [2.05, 4.69) is 18.7 Å². The molecule has 0 aromatic heterocycles. The van der Waals surface area contributed by atoms with Crippen LogP contribution in [0.25, 0.3) is 0 Å². The topological polar surface area (TPSA) is 55.6 Å². The Hall–Kier alpha value is -1.55. The first-order valence-electron chi connectivity index (χ1n) is 8.40. The maximum absolute atomic E-state index is 12.5. The largest absolute Gasteiger partial charge is 0.492 e. The summed E-state index contributed by atoms with van der Waals surface area (Å²) >= 11 is 0. The number of carbonyl (C=O) groups is 1. The maximum Gasteiger partial charge on any atom is 0.176 e. The van der Waals surface area contributed by atoms with E-state index in [9.17, 15) is 4.79 Å². The summed E-state index contributed by atoms with van der Waals surface area (Å²) in [6.07, 6.45) is 4.55. The van der Waals surface area contributed by atoms with E-state index in [4.69, 9.17) is 10.5 Å². The minimum atomic E-state index is 0.127. The second kappa shape index (κ2) is 10.2. The van der Waals surface area contributed by atoms with Crippen molar-refractivity contribution in [3.8, 4) is 5.75 Å². The smallest absolute Gasteiger partial charge is 0.176 e. The van der Waals surface area contributed by atoms with Crippen LogP contribution >= 0.6 is 0 Å². The molecule has 0 fully saturated rings. The average Bonchev–Trinajstić information content (AvgIpc) is 2.51. The van der Waals surface area contributed by atoms with Crippen LogP contribution < -0.4 is 10.5 Å². The molecule has 1 aromatic carbocycles. The molecule has 22 heavy (non-hydrogen) atoms. The summed E-state index contributed by atoms with van der Waals surface area (Å²) in [5.74, 6) is 0.773. The maximum atomic E-state index is 12.5. The molecule has 0 aliphatic heterocycles. The van der Waals surface area contributed by atoms with E-state index in [1.807, 2.05) is 13.0 Å². The number of rotatable bonds is 11. The van der Waals surface area contributed by atoms with E-state index in [-0.39, 0.29) is 5.78 Å². The van der Waals surface area contributed by atoms with Gasteiger partial charge >= 0.3 is 0 Å². The van der Waals surface area contributed by atoms with E-state index < -0.39 is 0 Å². The van der Waals surface area contributed by atoms with E-state index in [0.717, 1.165) is 38.8 Å². The van der Waals surface area contributed by atoms with Crippen LogP contribution in [0.15, 0.2) is 18.2 Å². The molecule has 0 saturated carbocycles. The number of nitrogen functional groups attached to an aromatic ring is 1. The molecule has 0 amide bonds. The average molecular weight is 306 g/mol. The predicted octanol–water partition coefficient (Wildman–Crippen LogP) is 3.75. The third kappa shape index (κ3) is 6.06. The summed E-state index contributed by atoms with van der Waals surface area (Å²) in [5, 5.41) is 0. The molecule has 0 heterocycles. The lowest BCUT2D eigenvalue weighted by Crippen LogP contribution is -2.32. The normalized spacial score (nSPS) is 10.9. The lowest BCUT2D eigenvalue weighted by Gasteiger charge is -2.21. The van der Waals surface area contributed by atoms with Crippen molar-refractivity contribution in [3.05, 3.63) is 23.8 Å². The van der Waals surface area contributed by atoms with Crippen molar-refractivity contribution >= 4 is 11.5 Å². The van der Waals surface area contributed by atoms with Gasteiger partial charge in [-0.2, -0.15) is 0 Å². The lowest BCUT2D eigenvalue weighted by atomic mass is 10.1. The second-order valence-corrected chi connectivity index (χ2v) is 5.59. The Bertz CT molecular complexity index is 452. The predicted molar refractivity (Wildman–Crippen MR) is 92.6 cm³/mol. The van der Waals surface area contributed by atoms with Crippen LogP contribution in [0.3, 0.4) is 0 Å². The SMILES string of the molecule is CCCCN(CCCC)CC(=O)c1ccc(OCC)c(N)c1. The van der Waals surface area contributed by atoms with E-state index >= 15 is 0 Å². The summed E-state index contributed by atoms with van der Waals surface area (Å²) in [6.45, 7) is 9.26. The Labute approximate surface area is 134 Å². The summed E-state index contributed by atoms with van der Waals surface area (Å²) in [5.41, 5.74) is 7.14. The number of benzene rings is 1. The molecule has 0 aliphatic rings. The van der Waals surface area contributed by atoms with Crippen LogP contribution in [0.1, 0.15) is 56.8 Å². The van der Waals surface area contributed by atoms with Crippen molar-refractivity contribution in [2.24, 2.45) is 0 Å². The molecule has 0 spiro atoms. The standard InChI is InChI=1S/C18H30N2O2/c1-4-7-11-20(12-8-5-2)14-17(21)15-9-10-18(22-6-3)16(19)13-15/h9-10,13H,4-8,11-12,14,19H2,1-3H3. The molecule has 1 rings (SSSR count). The molecule has 124 valence electrons. The lowest BCUT2D eigenvalue weighted by molar-refractivity contribution is 0.0928. The van der Waals surface area contributed by atoms with Gasteiger partial charge in [-0.15, -0.1) is 0 Å². The molecule has 0 radical (unpaired) electrons. The van der Waals surface area contributed by atoms with Crippen molar-refractivity contribution < 1.29 is 9.53 Å². The highest BCUT2D eigenvalue weighted by atomic mass is 16.5. The van der Waals surface area contributed by atoms with Crippen LogP contribution in [-0.4, -0.2) is 36.9 Å². The van der Waals surface area contributed by atoms with E-state index in [1.165, 1.54) is 0 Å². The summed E-state index contributed by atoms with van der Waals surface area (Å²) in [6, 6.07) is 5.32. The van der Waals surface area contributed by atoms with Gasteiger partial charge in [0.05, 0.1) is 18.8 Å². The molecule has 0 atom stereocenters. The zero-order valence-corrected chi connectivity index (χ0v) is 14.2. The third-order valence-electron chi connectivity index (χ3n) is 3.65. The molecule has 4 heteroatoms. The Balaban J connectivity index is 2.69. The van der Waals surface area contributed by atoms with Crippen LogP contribution in [-0.2, 0) is 0 Å². The summed E-state index contributed by atoms with van der Waals surface area (Å²) < 4.78 is 5.41. The van der Waals surface area contributed by atoms with Gasteiger partial charge in [-0.25, -0.2) is 0 Å². The summed E-state index contributed by atoms with van der Waals surface area (Å²) in [4.78, 5) is 14.7. The van der Waals surface area contributed by atoms with Crippen molar-refractivity contribution in [1.29, 1.82) is 0 Å². The van der Waals surface area contributed by atoms with Gasteiger partial charge in [0.1, 0.15) is 5.75 Å². The minimum absolute atomic E-state index is 0.127. The van der Waals surface area contributed by atoms with Gasteiger partial charge in [0.25, 0.3) is 0 Å². The molecule has 0 aliphatic carbocycles. The van der Waals surface area contributed by atoms with Crippen LogP contribution in [0, 0.1) is 0 Å². The number of hydrogen-bond acceptors (Lipinski definition) is 4. The van der Waals surface area contributed by atoms with Crippen molar-refractivity contribution in [1.82, 2.24) is 4.90 Å². The fourth-order valence-corrected chi connectivity index (χ4v) is 2.34. The Morgan fingerprint density at radius 3 is 2.27 bits per heavy atom. The molecular formula is C18H30N2O2. The number of carbonyl (C=O) groups excluding carboxylic acids is 1. The molecule has 0 saturated heterocycles. The Morgan fingerprint density at radius 1 is 1.14 bits per heavy atom. The number of anilines is 1. The monoisotopic (exact) mass is 306 g/mol. The first kappa shape index (κ1) is 18.5. The number of hydrogen-bond donors (Lipinski definition) is 1. The molecule has 1 aromatic rings. The highest BCUT2D eigenvalue weighted by Crippen LogP contribution is 2.22. The first-order valence-corrected chi connectivity index (χ1v) is 8.40. The van der Waals surface area contributed by atoms with Crippen molar-refractivity contribution in [3.63, 3.8) is 0 Å². The van der Waals surface area contributed by atoms with Gasteiger partial charge in [0, 0.05) is 5.56 Å². The second-order valence-electron chi connectivity index (χ2n) is 5.59. The zero-order chi connectivity index (χ0) is 16.4. The number of ether oxygens (including phenoxy) is 1. The number of unbranched alkanes of at least 4 members (excludes halogenated alkanes) is 2. The van der Waals surface area contributed by atoms with Gasteiger partial charge in [0.2, 0.25) is 0 Å². The van der Waals surface area contributed by atoms with Crippen molar-refractivity contribution in [2.45, 2.75) is 46.5 Å². The highest BCUT2D eigenvalue weighted by molar-refractivity contribution is 5.98. The van der Waals surface area contributed by atoms with Gasteiger partial charge in [0.15, 0.2) is 5.78 Å². The van der Waals surface area contributed by atoms with E-state index in [0.29, 0.717) is 30.2 Å². The number of nitrogens with zero attached hydrogens (tertiary/aromatic N) is 1. The fourth-order valence-electron chi connectivity index (χ4n) is 2.34. The number of Topliss-reactive ketones (excluding diaryl/α,β-unsaturated/α-hetero) is 1. The fraction of sp³-hybridized carbons (Fsp3) is 0.611. The highest BCUT2D eigenvalue weighted by Gasteiger charge is 2.13. The third-order valence-corrected chi connectivity index (χ3v) is 3.65. The summed E-state index contributed by atoms with van der Waals surface area (Å²) in [7, 11) is 0. The molecule has 0 unspecified atom stereocenters. The number of ketones is 1. The van der Waals surface area contributed by atoms with Crippen LogP contribution in [0.2, 0.25) is 0 Å². The van der Waals surface area contributed by atoms with Crippen molar-refractivity contribution in [2.75, 3.05) is 32.0 Å². The first-order chi connectivity index (χ1) is 10.6. The van der Waals surface area contributed by atoms with Crippen LogP contribution in [0.4, 0.5) is 5.69 Å². The van der Waals surface area contributed by atoms with Gasteiger partial charge in [-0.3, -0.25) is 9.69 Å². The van der Waals surface area contributed by atoms with Crippen LogP contribution in [0.5, 0.6) is 5.75 Å². The molecular weight excluding hydrogens is 276 g/mol. The van der Waals surface area contributed by atoms with Gasteiger partial charge in [-0.1, -0.05) is 26.7 Å². The minimum Gasteiger partial charge on any atom is -0.492 e.